The van der Waals surface area contributed by atoms with Crippen LogP contribution in [0.3, 0.4) is 0 Å². The van der Waals surface area contributed by atoms with Crippen molar-refractivity contribution in [1.29, 1.82) is 0 Å². The van der Waals surface area contributed by atoms with Crippen molar-refractivity contribution < 1.29 is 14.7 Å². The van der Waals surface area contributed by atoms with E-state index in [1.165, 1.54) is 11.3 Å². The number of carbonyl (C=O) groups excluding carboxylic acids is 1. The van der Waals surface area contributed by atoms with Crippen molar-refractivity contribution in [2.75, 3.05) is 6.54 Å². The van der Waals surface area contributed by atoms with Crippen LogP contribution in [0.1, 0.15) is 33.5 Å². The molecule has 94 valence electrons. The molecule has 0 bridgehead atoms. The Bertz CT molecular complexity index is 406. The van der Waals surface area contributed by atoms with E-state index in [1.807, 2.05) is 19.9 Å². The Morgan fingerprint density at radius 3 is 2.53 bits per heavy atom. The number of aliphatic carboxylic acids is 1. The van der Waals surface area contributed by atoms with Crippen molar-refractivity contribution in [2.45, 2.75) is 27.2 Å². The minimum absolute atomic E-state index is 0.181. The quantitative estimate of drug-likeness (QED) is 0.847. The molecule has 5 heteroatoms. The zero-order valence-electron chi connectivity index (χ0n) is 10.2. The lowest BCUT2D eigenvalue weighted by atomic mass is 10.1. The predicted octanol–water partition coefficient (Wildman–Crippen LogP) is 2.21. The summed E-state index contributed by atoms with van der Waals surface area (Å²) in [5, 5.41) is 11.5. The molecule has 0 aliphatic heterocycles. The molecule has 1 aromatic heterocycles. The summed E-state index contributed by atoms with van der Waals surface area (Å²) in [5.74, 6) is -1.57. The van der Waals surface area contributed by atoms with Crippen LogP contribution in [0.15, 0.2) is 6.07 Å². The Labute approximate surface area is 105 Å². The van der Waals surface area contributed by atoms with Gasteiger partial charge in [-0.15, -0.1) is 11.3 Å². The smallest absolute Gasteiger partial charge is 0.308 e. The Morgan fingerprint density at radius 1 is 1.47 bits per heavy atom. The molecule has 0 aliphatic carbocycles. The summed E-state index contributed by atoms with van der Waals surface area (Å²) in [6.45, 7) is 5.89. The summed E-state index contributed by atoms with van der Waals surface area (Å²) in [4.78, 5) is 24.3. The lowest BCUT2D eigenvalue weighted by Crippen LogP contribution is -2.32. The zero-order chi connectivity index (χ0) is 13.0. The van der Waals surface area contributed by atoms with Crippen molar-refractivity contribution in [3.63, 3.8) is 0 Å². The first-order chi connectivity index (χ1) is 7.95. The summed E-state index contributed by atoms with van der Waals surface area (Å²) >= 11 is 1.43. The van der Waals surface area contributed by atoms with Gasteiger partial charge in [-0.05, 0) is 31.9 Å². The number of hydrogen-bond donors (Lipinski definition) is 2. The zero-order valence-corrected chi connectivity index (χ0v) is 11.1. The van der Waals surface area contributed by atoms with Crippen molar-refractivity contribution in [2.24, 2.45) is 5.92 Å². The van der Waals surface area contributed by atoms with Gasteiger partial charge in [0.1, 0.15) is 0 Å². The molecule has 0 radical (unpaired) electrons. The molecule has 1 heterocycles. The molecule has 4 nitrogen and oxygen atoms in total. The van der Waals surface area contributed by atoms with E-state index in [9.17, 15) is 9.59 Å². The number of amides is 1. The second kappa shape index (κ2) is 5.82. The average Bonchev–Trinajstić information content (AvgIpc) is 2.59. The molecule has 1 aromatic rings. The standard InChI is InChI=1S/C12H17NO3S/c1-4-9(12(15)16)6-13-11(14)10-5-7(2)8(3)17-10/h5,9H,4,6H2,1-3H3,(H,13,14)(H,15,16). The SMILES string of the molecule is CCC(CNC(=O)c1cc(C)c(C)s1)C(=O)O. The van der Waals surface area contributed by atoms with E-state index >= 15 is 0 Å². The molecule has 0 fully saturated rings. The van der Waals surface area contributed by atoms with Gasteiger partial charge >= 0.3 is 5.97 Å². The molecule has 1 atom stereocenters. The first-order valence-corrected chi connectivity index (χ1v) is 6.35. The van der Waals surface area contributed by atoms with Gasteiger partial charge < -0.3 is 10.4 Å². The van der Waals surface area contributed by atoms with Crippen LogP contribution in [0.4, 0.5) is 0 Å². The van der Waals surface area contributed by atoms with Gasteiger partial charge in [-0.25, -0.2) is 0 Å². The molecule has 0 aromatic carbocycles. The second-order valence-corrected chi connectivity index (χ2v) is 5.26. The molecule has 1 rings (SSSR count). The highest BCUT2D eigenvalue weighted by Crippen LogP contribution is 2.20. The van der Waals surface area contributed by atoms with Gasteiger partial charge in [-0.3, -0.25) is 9.59 Å². The van der Waals surface area contributed by atoms with Gasteiger partial charge in [0, 0.05) is 11.4 Å². The third kappa shape index (κ3) is 3.56. The van der Waals surface area contributed by atoms with E-state index in [1.54, 1.807) is 6.92 Å². The summed E-state index contributed by atoms with van der Waals surface area (Å²) in [6, 6.07) is 1.83. The fourth-order valence-electron chi connectivity index (χ4n) is 1.39. The molecule has 0 saturated carbocycles. The predicted molar refractivity (Wildman–Crippen MR) is 67.5 cm³/mol. The average molecular weight is 255 g/mol. The van der Waals surface area contributed by atoms with Crippen LogP contribution in [0, 0.1) is 19.8 Å². The van der Waals surface area contributed by atoms with Crippen molar-refractivity contribution >= 4 is 23.2 Å². The number of aryl methyl sites for hydroxylation is 2. The fraction of sp³-hybridized carbons (Fsp3) is 0.500. The van der Waals surface area contributed by atoms with Crippen molar-refractivity contribution in [1.82, 2.24) is 5.32 Å². The van der Waals surface area contributed by atoms with E-state index < -0.39 is 11.9 Å². The summed E-state index contributed by atoms with van der Waals surface area (Å²) in [7, 11) is 0. The first-order valence-electron chi connectivity index (χ1n) is 5.53. The van der Waals surface area contributed by atoms with E-state index in [4.69, 9.17) is 5.11 Å². The number of nitrogens with one attached hydrogen (secondary N) is 1. The van der Waals surface area contributed by atoms with Crippen LogP contribution in [0.25, 0.3) is 0 Å². The van der Waals surface area contributed by atoms with Gasteiger partial charge in [0.2, 0.25) is 0 Å². The van der Waals surface area contributed by atoms with Gasteiger partial charge in [0.05, 0.1) is 10.8 Å². The maximum Gasteiger partial charge on any atom is 0.308 e. The molecule has 0 aliphatic rings. The van der Waals surface area contributed by atoms with E-state index in [0.29, 0.717) is 11.3 Å². The number of carbonyl (C=O) groups is 2. The Kier molecular flexibility index (Phi) is 4.69. The van der Waals surface area contributed by atoms with Gasteiger partial charge in [-0.2, -0.15) is 0 Å². The van der Waals surface area contributed by atoms with Crippen LogP contribution in [-0.2, 0) is 4.79 Å². The highest BCUT2D eigenvalue weighted by molar-refractivity contribution is 7.14. The molecular formula is C12H17NO3S. The first kappa shape index (κ1) is 13.7. The number of rotatable bonds is 5. The molecule has 1 unspecified atom stereocenters. The fourth-order valence-corrected chi connectivity index (χ4v) is 2.34. The minimum atomic E-state index is -0.869. The Morgan fingerprint density at radius 2 is 2.12 bits per heavy atom. The molecule has 0 spiro atoms. The maximum atomic E-state index is 11.8. The number of carboxylic acid groups (broad SMARTS) is 1. The van der Waals surface area contributed by atoms with Crippen LogP contribution in [-0.4, -0.2) is 23.5 Å². The van der Waals surface area contributed by atoms with Crippen LogP contribution < -0.4 is 5.32 Å². The molecule has 0 saturated heterocycles. The van der Waals surface area contributed by atoms with E-state index in [-0.39, 0.29) is 12.5 Å². The lowest BCUT2D eigenvalue weighted by Gasteiger charge is -2.10. The highest BCUT2D eigenvalue weighted by Gasteiger charge is 2.17. The van der Waals surface area contributed by atoms with Gasteiger partial charge in [0.15, 0.2) is 0 Å². The third-order valence-electron chi connectivity index (χ3n) is 2.74. The van der Waals surface area contributed by atoms with Gasteiger partial charge in [-0.1, -0.05) is 6.92 Å². The minimum Gasteiger partial charge on any atom is -0.481 e. The van der Waals surface area contributed by atoms with Crippen molar-refractivity contribution in [3.05, 3.63) is 21.4 Å². The molecular weight excluding hydrogens is 238 g/mol. The van der Waals surface area contributed by atoms with E-state index in [0.717, 1.165) is 10.4 Å². The van der Waals surface area contributed by atoms with Crippen molar-refractivity contribution in [3.8, 4) is 0 Å². The largest absolute Gasteiger partial charge is 0.481 e. The molecule has 2 N–H and O–H groups in total. The van der Waals surface area contributed by atoms with Crippen LogP contribution in [0.5, 0.6) is 0 Å². The second-order valence-electron chi connectivity index (χ2n) is 4.00. The van der Waals surface area contributed by atoms with E-state index in [2.05, 4.69) is 5.32 Å². The maximum absolute atomic E-state index is 11.8. The number of carboxylic acids is 1. The summed E-state index contributed by atoms with van der Waals surface area (Å²) in [6.07, 6.45) is 0.512. The van der Waals surface area contributed by atoms with Crippen LogP contribution >= 0.6 is 11.3 Å². The Hall–Kier alpha value is -1.36. The molecule has 17 heavy (non-hydrogen) atoms. The monoisotopic (exact) mass is 255 g/mol. The summed E-state index contributed by atoms with van der Waals surface area (Å²) in [5.41, 5.74) is 1.09. The highest BCUT2D eigenvalue weighted by atomic mass is 32.1. The van der Waals surface area contributed by atoms with Crippen LogP contribution in [0.2, 0.25) is 0 Å². The Balaban J connectivity index is 2.58. The number of thiophene rings is 1. The van der Waals surface area contributed by atoms with Gasteiger partial charge in [0.25, 0.3) is 5.91 Å². The topological polar surface area (TPSA) is 66.4 Å². The number of hydrogen-bond acceptors (Lipinski definition) is 3. The summed E-state index contributed by atoms with van der Waals surface area (Å²) < 4.78 is 0. The third-order valence-corrected chi connectivity index (χ3v) is 3.89. The lowest BCUT2D eigenvalue weighted by molar-refractivity contribution is -0.141. The normalized spacial score (nSPS) is 12.2. The molecule has 1 amide bonds.